The number of hydrogen-bond acceptors (Lipinski definition) is 6. The topological polar surface area (TPSA) is 114 Å². The number of benzene rings is 1. The minimum Gasteiger partial charge on any atom is -0.467 e. The van der Waals surface area contributed by atoms with Gasteiger partial charge in [0.2, 0.25) is 5.91 Å². The lowest BCUT2D eigenvalue weighted by Gasteiger charge is -2.24. The van der Waals surface area contributed by atoms with Crippen LogP contribution in [0.1, 0.15) is 38.4 Å². The van der Waals surface area contributed by atoms with E-state index in [-0.39, 0.29) is 30.4 Å². The smallest absolute Gasteiger partial charge is 0.330 e. The number of nitrogen functional groups attached to an aromatic ring is 1. The number of aromatic nitrogens is 2. The molecule has 32 heavy (non-hydrogen) atoms. The zero-order valence-corrected chi connectivity index (χ0v) is 18.9. The Balaban J connectivity index is 1.82. The molecule has 0 saturated heterocycles. The molecule has 0 radical (unpaired) electrons. The van der Waals surface area contributed by atoms with Gasteiger partial charge in [0, 0.05) is 17.9 Å². The van der Waals surface area contributed by atoms with Gasteiger partial charge in [0.1, 0.15) is 11.6 Å². The van der Waals surface area contributed by atoms with Crippen LogP contribution in [0.3, 0.4) is 0 Å². The van der Waals surface area contributed by atoms with Gasteiger partial charge >= 0.3 is 5.69 Å². The highest BCUT2D eigenvalue weighted by Crippen LogP contribution is 2.23. The molecule has 9 heteroatoms. The minimum atomic E-state index is -0.682. The Morgan fingerprint density at radius 1 is 1.16 bits per heavy atom. The summed E-state index contributed by atoms with van der Waals surface area (Å²) in [5.74, 6) is 1.01. The number of nitrogens with two attached hydrogens (primary N) is 1. The van der Waals surface area contributed by atoms with Crippen LogP contribution in [0.25, 0.3) is 0 Å². The van der Waals surface area contributed by atoms with Crippen LogP contribution in [0.2, 0.25) is 0 Å². The molecule has 2 heterocycles. The predicted molar refractivity (Wildman–Crippen MR) is 127 cm³/mol. The number of H-pyrrole nitrogens is 1. The van der Waals surface area contributed by atoms with Gasteiger partial charge < -0.3 is 10.2 Å². The van der Waals surface area contributed by atoms with Crippen molar-refractivity contribution in [1.82, 2.24) is 9.55 Å². The van der Waals surface area contributed by atoms with Crippen LogP contribution in [-0.2, 0) is 17.9 Å². The van der Waals surface area contributed by atoms with E-state index in [9.17, 15) is 14.4 Å². The summed E-state index contributed by atoms with van der Waals surface area (Å²) in [6.45, 7) is 2.41. The molecule has 8 nitrogen and oxygen atoms in total. The Kier molecular flexibility index (Phi) is 8.38. The van der Waals surface area contributed by atoms with Gasteiger partial charge in [0.05, 0.1) is 12.8 Å². The quantitative estimate of drug-likeness (QED) is 0.336. The second-order valence-corrected chi connectivity index (χ2v) is 8.49. The van der Waals surface area contributed by atoms with Gasteiger partial charge in [-0.25, -0.2) is 4.79 Å². The molecule has 0 aliphatic rings. The van der Waals surface area contributed by atoms with E-state index in [1.165, 1.54) is 15.7 Å². The van der Waals surface area contributed by atoms with Gasteiger partial charge in [-0.1, -0.05) is 31.5 Å². The third-order valence-corrected chi connectivity index (χ3v) is 6.06. The van der Waals surface area contributed by atoms with Crippen molar-refractivity contribution in [2.75, 3.05) is 16.4 Å². The van der Waals surface area contributed by atoms with Crippen molar-refractivity contribution in [3.63, 3.8) is 0 Å². The molecule has 0 fully saturated rings. The third-order valence-electron chi connectivity index (χ3n) is 4.96. The lowest BCUT2D eigenvalue weighted by Crippen LogP contribution is -2.40. The van der Waals surface area contributed by atoms with Crippen molar-refractivity contribution in [1.29, 1.82) is 0 Å². The zero-order chi connectivity index (χ0) is 22.9. The molecule has 3 rings (SSSR count). The molecule has 1 aromatic carbocycles. The molecular formula is C23H28N4O4S. The Morgan fingerprint density at radius 3 is 2.62 bits per heavy atom. The largest absolute Gasteiger partial charge is 0.467 e. The summed E-state index contributed by atoms with van der Waals surface area (Å²) in [6, 6.07) is 13.4. The van der Waals surface area contributed by atoms with E-state index in [0.29, 0.717) is 18.7 Å². The van der Waals surface area contributed by atoms with E-state index in [1.807, 2.05) is 37.3 Å². The van der Waals surface area contributed by atoms with E-state index in [4.69, 9.17) is 10.2 Å². The van der Waals surface area contributed by atoms with Gasteiger partial charge in [-0.15, -0.1) is 11.8 Å². The van der Waals surface area contributed by atoms with Gasteiger partial charge in [0.15, 0.2) is 5.69 Å². The van der Waals surface area contributed by atoms with Crippen LogP contribution in [0.4, 0.5) is 11.5 Å². The summed E-state index contributed by atoms with van der Waals surface area (Å²) in [6.07, 6.45) is 3.94. The number of thioether (sulfide) groups is 1. The number of amides is 1. The Morgan fingerprint density at radius 2 is 1.94 bits per heavy atom. The molecule has 2 aromatic heterocycles. The molecule has 3 aromatic rings. The number of unbranched alkanes of at least 4 members (excludes halogenated alkanes) is 1. The average molecular weight is 457 g/mol. The monoisotopic (exact) mass is 456 g/mol. The highest BCUT2D eigenvalue weighted by molar-refractivity contribution is 7.99. The Labute approximate surface area is 190 Å². The van der Waals surface area contributed by atoms with Crippen molar-refractivity contribution in [3.8, 4) is 0 Å². The Bertz CT molecular complexity index is 1120. The number of anilines is 2. The van der Waals surface area contributed by atoms with Crippen molar-refractivity contribution in [2.45, 2.75) is 50.6 Å². The zero-order valence-electron chi connectivity index (χ0n) is 18.1. The number of carbonyl (C=O) groups is 1. The molecular weight excluding hydrogens is 428 g/mol. The molecule has 0 aliphatic heterocycles. The summed E-state index contributed by atoms with van der Waals surface area (Å²) in [5.41, 5.74) is 4.97. The molecule has 0 spiro atoms. The number of rotatable bonds is 11. The summed E-state index contributed by atoms with van der Waals surface area (Å²) in [4.78, 5) is 42.9. The highest BCUT2D eigenvalue weighted by atomic mass is 32.2. The number of hydrogen-bond donors (Lipinski definition) is 2. The molecule has 1 amide bonds. The lowest BCUT2D eigenvalue weighted by molar-refractivity contribution is -0.118. The van der Waals surface area contributed by atoms with Gasteiger partial charge in [-0.2, -0.15) is 0 Å². The molecule has 170 valence electrons. The first kappa shape index (κ1) is 23.5. The fourth-order valence-electron chi connectivity index (χ4n) is 3.29. The maximum Gasteiger partial charge on any atom is 0.330 e. The molecule has 0 bridgehead atoms. The standard InChI is InChI=1S/C23H28N4O4S/c1-2-3-13-26-21(24)20(22(29)25-23(26)30)27(16-17-9-7-14-31-17)19(28)12-8-15-32-18-10-5-4-6-11-18/h4-7,9-11,14H,2-3,8,12-13,15-16,24H2,1H3,(H,25,29,30). The van der Waals surface area contributed by atoms with E-state index >= 15 is 0 Å². The van der Waals surface area contributed by atoms with E-state index in [1.54, 1.807) is 23.9 Å². The molecule has 3 N–H and O–H groups in total. The number of furan rings is 1. The SMILES string of the molecule is CCCCn1c(N)c(N(Cc2ccco2)C(=O)CCCSc2ccccc2)c(=O)[nH]c1=O. The number of aromatic amines is 1. The second kappa shape index (κ2) is 11.4. The third kappa shape index (κ3) is 5.94. The Hall–Kier alpha value is -3.20. The van der Waals surface area contributed by atoms with Crippen LogP contribution < -0.4 is 21.9 Å². The first-order valence-electron chi connectivity index (χ1n) is 10.6. The van der Waals surface area contributed by atoms with Crippen molar-refractivity contribution in [3.05, 3.63) is 75.3 Å². The summed E-state index contributed by atoms with van der Waals surface area (Å²) in [7, 11) is 0. The van der Waals surface area contributed by atoms with Crippen LogP contribution >= 0.6 is 11.8 Å². The predicted octanol–water partition coefficient (Wildman–Crippen LogP) is 3.62. The normalized spacial score (nSPS) is 10.9. The molecule has 0 atom stereocenters. The maximum atomic E-state index is 13.2. The molecule has 0 unspecified atom stereocenters. The fourth-order valence-corrected chi connectivity index (χ4v) is 4.17. The van der Waals surface area contributed by atoms with Crippen LogP contribution in [0.5, 0.6) is 0 Å². The van der Waals surface area contributed by atoms with E-state index in [0.717, 1.165) is 23.5 Å². The molecule has 0 saturated carbocycles. The average Bonchev–Trinajstić information content (AvgIpc) is 3.29. The lowest BCUT2D eigenvalue weighted by atomic mass is 10.2. The van der Waals surface area contributed by atoms with Crippen LogP contribution in [-0.4, -0.2) is 21.2 Å². The minimum absolute atomic E-state index is 0.00855. The van der Waals surface area contributed by atoms with Crippen LogP contribution in [0.15, 0.2) is 67.6 Å². The van der Waals surface area contributed by atoms with E-state index < -0.39 is 11.2 Å². The number of carbonyl (C=O) groups excluding carboxylic acids is 1. The number of nitrogens with zero attached hydrogens (tertiary/aromatic N) is 2. The van der Waals surface area contributed by atoms with Gasteiger partial charge in [-0.05, 0) is 42.9 Å². The summed E-state index contributed by atoms with van der Waals surface area (Å²) >= 11 is 1.67. The van der Waals surface area contributed by atoms with Crippen molar-refractivity contribution in [2.24, 2.45) is 0 Å². The van der Waals surface area contributed by atoms with Crippen molar-refractivity contribution >= 4 is 29.2 Å². The maximum absolute atomic E-state index is 13.2. The fraction of sp³-hybridized carbons (Fsp3) is 0.348. The second-order valence-electron chi connectivity index (χ2n) is 7.32. The molecule has 0 aliphatic carbocycles. The summed E-state index contributed by atoms with van der Waals surface area (Å²) < 4.78 is 6.71. The first-order chi connectivity index (χ1) is 15.5. The van der Waals surface area contributed by atoms with Crippen LogP contribution in [0, 0.1) is 0 Å². The summed E-state index contributed by atoms with van der Waals surface area (Å²) in [5, 5.41) is 0. The highest BCUT2D eigenvalue weighted by Gasteiger charge is 2.25. The first-order valence-corrected chi connectivity index (χ1v) is 11.6. The van der Waals surface area contributed by atoms with Crippen molar-refractivity contribution < 1.29 is 9.21 Å². The van der Waals surface area contributed by atoms with Gasteiger partial charge in [-0.3, -0.25) is 24.0 Å². The number of nitrogens with one attached hydrogen (secondary N) is 1. The van der Waals surface area contributed by atoms with Gasteiger partial charge in [0.25, 0.3) is 5.56 Å². The van der Waals surface area contributed by atoms with E-state index in [2.05, 4.69) is 4.98 Å².